The Balaban J connectivity index is 2.56. The smallest absolute Gasteiger partial charge is 0.326 e. The highest BCUT2D eigenvalue weighted by molar-refractivity contribution is 5.82. The van der Waals surface area contributed by atoms with Crippen LogP contribution in [0.5, 0.6) is 0 Å². The Hall–Kier alpha value is -2.05. The van der Waals surface area contributed by atoms with E-state index in [0.717, 1.165) is 17.0 Å². The summed E-state index contributed by atoms with van der Waals surface area (Å²) in [6.45, 7) is 6.00. The molecule has 1 aromatic heterocycles. The maximum absolute atomic E-state index is 11.7. The standard InChI is InChI=1S/C13H22N4O3/c1-5-6-11(12(18)19)15-13(20)14-7-10-8(2)16-17(4)9(10)3/h11H,5-7H2,1-4H3,(H,18,19)(H2,14,15,20)/t11-/m0/s1. The molecule has 3 N–H and O–H groups in total. The number of hydrogen-bond acceptors (Lipinski definition) is 3. The van der Waals surface area contributed by atoms with Crippen LogP contribution in [0.3, 0.4) is 0 Å². The molecule has 112 valence electrons. The van der Waals surface area contributed by atoms with Gasteiger partial charge in [-0.1, -0.05) is 13.3 Å². The zero-order valence-corrected chi connectivity index (χ0v) is 12.4. The third-order valence-electron chi connectivity index (χ3n) is 3.27. The first-order valence-corrected chi connectivity index (χ1v) is 6.63. The van der Waals surface area contributed by atoms with Crippen molar-refractivity contribution in [2.24, 2.45) is 7.05 Å². The Morgan fingerprint density at radius 3 is 2.50 bits per heavy atom. The monoisotopic (exact) mass is 282 g/mol. The maximum atomic E-state index is 11.7. The third-order valence-corrected chi connectivity index (χ3v) is 3.27. The first-order valence-electron chi connectivity index (χ1n) is 6.63. The molecular weight excluding hydrogens is 260 g/mol. The van der Waals surface area contributed by atoms with Crippen molar-refractivity contribution in [2.75, 3.05) is 0 Å². The molecule has 0 aliphatic heterocycles. The number of carbonyl (C=O) groups is 2. The first-order chi connectivity index (χ1) is 9.36. The average molecular weight is 282 g/mol. The zero-order chi connectivity index (χ0) is 15.3. The Morgan fingerprint density at radius 1 is 1.40 bits per heavy atom. The van der Waals surface area contributed by atoms with Crippen LogP contribution in [-0.2, 0) is 18.4 Å². The highest BCUT2D eigenvalue weighted by atomic mass is 16.4. The van der Waals surface area contributed by atoms with Crippen molar-refractivity contribution >= 4 is 12.0 Å². The topological polar surface area (TPSA) is 96.3 Å². The molecule has 0 saturated carbocycles. The van der Waals surface area contributed by atoms with E-state index >= 15 is 0 Å². The summed E-state index contributed by atoms with van der Waals surface area (Å²) in [4.78, 5) is 22.7. The normalized spacial score (nSPS) is 12.0. The molecule has 0 unspecified atom stereocenters. The number of aryl methyl sites for hydroxylation is 2. The average Bonchev–Trinajstić information content (AvgIpc) is 2.60. The van der Waals surface area contributed by atoms with Crippen LogP contribution in [0.4, 0.5) is 4.79 Å². The van der Waals surface area contributed by atoms with E-state index in [0.29, 0.717) is 19.4 Å². The first kappa shape index (κ1) is 16.0. The number of urea groups is 1. The molecule has 0 aliphatic rings. The van der Waals surface area contributed by atoms with E-state index < -0.39 is 18.0 Å². The van der Waals surface area contributed by atoms with E-state index in [1.165, 1.54) is 0 Å². The lowest BCUT2D eigenvalue weighted by molar-refractivity contribution is -0.139. The SMILES string of the molecule is CCC[C@H](NC(=O)NCc1c(C)nn(C)c1C)C(=O)O. The van der Waals surface area contributed by atoms with E-state index in [2.05, 4.69) is 15.7 Å². The molecule has 1 atom stereocenters. The fourth-order valence-corrected chi connectivity index (χ4v) is 2.00. The number of carboxylic acids is 1. The van der Waals surface area contributed by atoms with Crippen LogP contribution in [0.1, 0.15) is 36.7 Å². The number of rotatable bonds is 6. The molecule has 7 nitrogen and oxygen atoms in total. The van der Waals surface area contributed by atoms with Gasteiger partial charge in [-0.2, -0.15) is 5.10 Å². The molecule has 0 radical (unpaired) electrons. The summed E-state index contributed by atoms with van der Waals surface area (Å²) < 4.78 is 1.75. The van der Waals surface area contributed by atoms with Crippen molar-refractivity contribution in [1.29, 1.82) is 0 Å². The van der Waals surface area contributed by atoms with Crippen molar-refractivity contribution in [2.45, 2.75) is 46.2 Å². The fourth-order valence-electron chi connectivity index (χ4n) is 2.00. The number of hydrogen-bond donors (Lipinski definition) is 3. The third kappa shape index (κ3) is 3.97. The molecule has 1 rings (SSSR count). The number of nitrogens with zero attached hydrogens (tertiary/aromatic N) is 2. The summed E-state index contributed by atoms with van der Waals surface area (Å²) in [5, 5.41) is 18.4. The summed E-state index contributed by atoms with van der Waals surface area (Å²) >= 11 is 0. The molecular formula is C13H22N4O3. The molecule has 0 bridgehead atoms. The van der Waals surface area contributed by atoms with Crippen molar-refractivity contribution in [3.05, 3.63) is 17.0 Å². The summed E-state index contributed by atoms with van der Waals surface area (Å²) in [5.41, 5.74) is 2.78. The number of amides is 2. The highest BCUT2D eigenvalue weighted by Gasteiger charge is 2.19. The number of aromatic nitrogens is 2. The van der Waals surface area contributed by atoms with E-state index in [1.54, 1.807) is 4.68 Å². The van der Waals surface area contributed by atoms with Gasteiger partial charge in [0.2, 0.25) is 0 Å². The summed E-state index contributed by atoms with van der Waals surface area (Å²) in [7, 11) is 1.84. The lowest BCUT2D eigenvalue weighted by Crippen LogP contribution is -2.45. The summed E-state index contributed by atoms with van der Waals surface area (Å²) in [5.74, 6) is -1.02. The van der Waals surface area contributed by atoms with Gasteiger partial charge in [-0.05, 0) is 20.3 Å². The highest BCUT2D eigenvalue weighted by Crippen LogP contribution is 2.11. The largest absolute Gasteiger partial charge is 0.480 e. The lowest BCUT2D eigenvalue weighted by Gasteiger charge is -2.14. The maximum Gasteiger partial charge on any atom is 0.326 e. The van der Waals surface area contributed by atoms with Gasteiger partial charge in [-0.15, -0.1) is 0 Å². The van der Waals surface area contributed by atoms with E-state index in [1.807, 2.05) is 27.8 Å². The molecule has 0 saturated heterocycles. The van der Waals surface area contributed by atoms with Crippen LogP contribution in [0.15, 0.2) is 0 Å². The molecule has 20 heavy (non-hydrogen) atoms. The van der Waals surface area contributed by atoms with E-state index in [9.17, 15) is 9.59 Å². The minimum Gasteiger partial charge on any atom is -0.480 e. The Morgan fingerprint density at radius 2 is 2.05 bits per heavy atom. The summed E-state index contributed by atoms with van der Waals surface area (Å²) in [6, 6.07) is -1.33. The number of nitrogens with one attached hydrogen (secondary N) is 2. The van der Waals surface area contributed by atoms with Crippen molar-refractivity contribution in [3.63, 3.8) is 0 Å². The van der Waals surface area contributed by atoms with Crippen LogP contribution in [0.25, 0.3) is 0 Å². The van der Waals surface area contributed by atoms with Crippen LogP contribution >= 0.6 is 0 Å². The second kappa shape index (κ2) is 6.93. The van der Waals surface area contributed by atoms with Crippen LogP contribution < -0.4 is 10.6 Å². The number of aliphatic carboxylic acids is 1. The van der Waals surface area contributed by atoms with E-state index in [-0.39, 0.29) is 0 Å². The van der Waals surface area contributed by atoms with Gasteiger partial charge >= 0.3 is 12.0 Å². The van der Waals surface area contributed by atoms with Gasteiger partial charge in [0.15, 0.2) is 0 Å². The molecule has 2 amide bonds. The fraction of sp³-hybridized carbons (Fsp3) is 0.615. The Bertz CT molecular complexity index is 496. The zero-order valence-electron chi connectivity index (χ0n) is 12.4. The minimum atomic E-state index is -1.02. The van der Waals surface area contributed by atoms with Crippen LogP contribution in [0.2, 0.25) is 0 Å². The summed E-state index contributed by atoms with van der Waals surface area (Å²) in [6.07, 6.45) is 1.10. The van der Waals surface area contributed by atoms with Gasteiger partial charge in [-0.25, -0.2) is 9.59 Å². The number of carboxylic acid groups (broad SMARTS) is 1. The quantitative estimate of drug-likeness (QED) is 0.727. The molecule has 7 heteroatoms. The Labute approximate surface area is 118 Å². The van der Waals surface area contributed by atoms with Gasteiger partial charge in [0.1, 0.15) is 6.04 Å². The number of carbonyl (C=O) groups excluding carboxylic acids is 1. The second-order valence-electron chi connectivity index (χ2n) is 4.78. The predicted octanol–water partition coefficient (Wildman–Crippen LogP) is 1.09. The van der Waals surface area contributed by atoms with E-state index in [4.69, 9.17) is 5.11 Å². The minimum absolute atomic E-state index is 0.329. The van der Waals surface area contributed by atoms with Gasteiger partial charge in [0.25, 0.3) is 0 Å². The van der Waals surface area contributed by atoms with Crippen LogP contribution in [-0.4, -0.2) is 32.9 Å². The predicted molar refractivity (Wildman–Crippen MR) is 74.4 cm³/mol. The molecule has 0 aliphatic carbocycles. The molecule has 1 aromatic rings. The van der Waals surface area contributed by atoms with Crippen molar-refractivity contribution in [3.8, 4) is 0 Å². The van der Waals surface area contributed by atoms with Gasteiger partial charge in [0.05, 0.1) is 5.69 Å². The second-order valence-corrected chi connectivity index (χ2v) is 4.78. The molecule has 0 fully saturated rings. The van der Waals surface area contributed by atoms with Gasteiger partial charge in [-0.3, -0.25) is 4.68 Å². The van der Waals surface area contributed by atoms with Crippen molar-refractivity contribution in [1.82, 2.24) is 20.4 Å². The Kier molecular flexibility index (Phi) is 5.54. The molecule has 1 heterocycles. The lowest BCUT2D eigenvalue weighted by atomic mass is 10.2. The van der Waals surface area contributed by atoms with Gasteiger partial charge < -0.3 is 15.7 Å². The van der Waals surface area contributed by atoms with Crippen molar-refractivity contribution < 1.29 is 14.7 Å². The van der Waals surface area contributed by atoms with Crippen LogP contribution in [0, 0.1) is 13.8 Å². The van der Waals surface area contributed by atoms with Gasteiger partial charge in [0, 0.05) is 24.8 Å². The molecule has 0 aromatic carbocycles. The molecule has 0 spiro atoms.